The molecule has 48 heavy (non-hydrogen) atoms. The number of hydrogen-bond acceptors (Lipinski definition) is 10. The lowest BCUT2D eigenvalue weighted by Gasteiger charge is -2.26. The molecule has 0 bridgehead atoms. The van der Waals surface area contributed by atoms with Gasteiger partial charge in [-0.1, -0.05) is 48.5 Å². The summed E-state index contributed by atoms with van der Waals surface area (Å²) in [5.74, 6) is -1.99. The molecule has 0 radical (unpaired) electrons. The molecule has 7 rings (SSSR count). The highest BCUT2D eigenvalue weighted by atomic mass is 32.2. The number of rotatable bonds is 8. The van der Waals surface area contributed by atoms with Gasteiger partial charge in [0.25, 0.3) is 27.7 Å². The van der Waals surface area contributed by atoms with Crippen LogP contribution in [0.1, 0.15) is 35.2 Å². The first-order chi connectivity index (χ1) is 23.2. The largest absolute Gasteiger partial charge is 0.486 e. The molecule has 4 aromatic carbocycles. The molecule has 1 fully saturated rings. The summed E-state index contributed by atoms with van der Waals surface area (Å²) < 4.78 is 41.1. The topological polar surface area (TPSA) is 149 Å². The second-order valence-electron chi connectivity index (χ2n) is 11.1. The minimum absolute atomic E-state index is 0.0125. The van der Waals surface area contributed by atoms with Crippen LogP contribution in [0, 0.1) is 0 Å². The average Bonchev–Trinajstić information content (AvgIpc) is 3.41. The number of anilines is 1. The van der Waals surface area contributed by atoms with Crippen LogP contribution in [0.15, 0.2) is 95.9 Å². The normalized spacial score (nSPS) is 14.4. The van der Waals surface area contributed by atoms with Gasteiger partial charge in [0.1, 0.15) is 13.2 Å². The molecule has 3 amide bonds. The fourth-order valence-corrected chi connectivity index (χ4v) is 7.07. The van der Waals surface area contributed by atoms with Gasteiger partial charge in [0.2, 0.25) is 0 Å². The smallest absolute Gasteiger partial charge is 0.333 e. The molecule has 1 aromatic heterocycles. The SMILES string of the molecule is O=C(CCc1ccc(S(=O)(=O)N(C(=O)c2c3ccccc3nc3ccccc23)c2ccc3c(c2)OCCO3)cc1)ON1C(=O)CCC1=O. The van der Waals surface area contributed by atoms with Crippen LogP contribution in [0.4, 0.5) is 5.69 Å². The Balaban J connectivity index is 1.25. The minimum atomic E-state index is -4.55. The van der Waals surface area contributed by atoms with Crippen molar-refractivity contribution in [3.05, 3.63) is 102 Å². The summed E-state index contributed by atoms with van der Waals surface area (Å²) in [6.45, 7) is 0.595. The zero-order valence-corrected chi connectivity index (χ0v) is 26.1. The number of carbonyl (C=O) groups excluding carboxylic acids is 4. The summed E-state index contributed by atoms with van der Waals surface area (Å²) in [6.07, 6.45) is -0.0365. The van der Waals surface area contributed by atoms with E-state index in [1.54, 1.807) is 54.6 Å². The number of sulfonamides is 1. The third-order valence-electron chi connectivity index (χ3n) is 8.02. The molecule has 3 heterocycles. The van der Waals surface area contributed by atoms with E-state index in [9.17, 15) is 27.6 Å². The third kappa shape index (κ3) is 5.68. The van der Waals surface area contributed by atoms with E-state index >= 15 is 0 Å². The second kappa shape index (κ2) is 12.4. The summed E-state index contributed by atoms with van der Waals surface area (Å²) in [7, 11) is -4.55. The number of carbonyl (C=O) groups is 4. The number of imide groups is 1. The molecule has 1 saturated heterocycles. The van der Waals surface area contributed by atoms with Crippen molar-refractivity contribution in [2.24, 2.45) is 0 Å². The van der Waals surface area contributed by atoms with E-state index in [1.807, 2.05) is 0 Å². The Hall–Kier alpha value is -5.82. The van der Waals surface area contributed by atoms with Crippen molar-refractivity contribution in [1.82, 2.24) is 10.0 Å². The number of fused-ring (bicyclic) bond motifs is 3. The van der Waals surface area contributed by atoms with Crippen LogP contribution >= 0.6 is 0 Å². The molecule has 5 aromatic rings. The first kappa shape index (κ1) is 30.8. The lowest BCUT2D eigenvalue weighted by Crippen LogP contribution is -2.37. The number of hydrogen-bond donors (Lipinski definition) is 0. The first-order valence-corrected chi connectivity index (χ1v) is 16.6. The summed E-state index contributed by atoms with van der Waals surface area (Å²) in [5, 5.41) is 1.45. The molecular formula is C35H27N3O9S. The Morgan fingerprint density at radius 1 is 0.792 bits per heavy atom. The lowest BCUT2D eigenvalue weighted by atomic mass is 10.0. The van der Waals surface area contributed by atoms with Crippen molar-refractivity contribution in [2.45, 2.75) is 30.6 Å². The molecule has 0 unspecified atom stereocenters. The van der Waals surface area contributed by atoms with Crippen molar-refractivity contribution in [2.75, 3.05) is 17.5 Å². The van der Waals surface area contributed by atoms with Gasteiger partial charge in [0, 0.05) is 29.7 Å². The monoisotopic (exact) mass is 665 g/mol. The van der Waals surface area contributed by atoms with Crippen molar-refractivity contribution in [3.63, 3.8) is 0 Å². The maximum atomic E-state index is 14.7. The number of hydroxylamine groups is 2. The third-order valence-corrected chi connectivity index (χ3v) is 9.75. The zero-order valence-electron chi connectivity index (χ0n) is 25.3. The van der Waals surface area contributed by atoms with E-state index in [2.05, 4.69) is 4.98 Å². The number of para-hydroxylation sites is 2. The van der Waals surface area contributed by atoms with E-state index in [0.29, 0.717) is 50.5 Å². The van der Waals surface area contributed by atoms with Gasteiger partial charge in [-0.3, -0.25) is 14.4 Å². The van der Waals surface area contributed by atoms with Gasteiger partial charge in [-0.2, -0.15) is 4.31 Å². The molecular weight excluding hydrogens is 638 g/mol. The molecule has 12 nitrogen and oxygen atoms in total. The van der Waals surface area contributed by atoms with Gasteiger partial charge in [0.05, 0.1) is 33.6 Å². The first-order valence-electron chi connectivity index (χ1n) is 15.1. The predicted octanol–water partition coefficient (Wildman–Crippen LogP) is 4.73. The van der Waals surface area contributed by atoms with E-state index in [-0.39, 0.29) is 48.4 Å². The molecule has 2 aliphatic rings. The second-order valence-corrected chi connectivity index (χ2v) is 12.9. The summed E-state index contributed by atoms with van der Waals surface area (Å²) in [6, 6.07) is 24.3. The van der Waals surface area contributed by atoms with Gasteiger partial charge >= 0.3 is 5.97 Å². The fraction of sp³-hybridized carbons (Fsp3) is 0.171. The highest BCUT2D eigenvalue weighted by Gasteiger charge is 2.35. The molecule has 242 valence electrons. The highest BCUT2D eigenvalue weighted by Crippen LogP contribution is 2.38. The molecule has 0 N–H and O–H groups in total. The summed E-state index contributed by atoms with van der Waals surface area (Å²) in [5.41, 5.74) is 1.86. The van der Waals surface area contributed by atoms with Crippen LogP contribution in [0.25, 0.3) is 21.8 Å². The number of pyridine rings is 1. The van der Waals surface area contributed by atoms with Gasteiger partial charge < -0.3 is 14.3 Å². The molecule has 0 saturated carbocycles. The van der Waals surface area contributed by atoms with Crippen molar-refractivity contribution < 1.29 is 41.9 Å². The quantitative estimate of drug-likeness (QED) is 0.168. The van der Waals surface area contributed by atoms with E-state index < -0.39 is 33.7 Å². The summed E-state index contributed by atoms with van der Waals surface area (Å²) in [4.78, 5) is 60.0. The average molecular weight is 666 g/mol. The van der Waals surface area contributed by atoms with E-state index in [4.69, 9.17) is 14.3 Å². The standard InChI is InChI=1S/C35H27N3O9S/c39-31-16-17-32(40)37(31)47-33(41)18-11-22-9-13-24(14-10-22)48(43,44)38(23-12-15-29-30(21-23)46-20-19-45-29)35(42)34-25-5-1-3-7-27(25)36-28-8-4-2-6-26(28)34/h1-10,12-15,21H,11,16-20H2. The van der Waals surface area contributed by atoms with Crippen LogP contribution in [0.2, 0.25) is 0 Å². The minimum Gasteiger partial charge on any atom is -0.486 e. The Bertz CT molecular complexity index is 2170. The number of ether oxygens (including phenoxy) is 2. The van der Waals surface area contributed by atoms with Crippen molar-refractivity contribution in [1.29, 1.82) is 0 Å². The molecule has 0 spiro atoms. The number of aryl methyl sites for hydroxylation is 1. The zero-order chi connectivity index (χ0) is 33.4. The van der Waals surface area contributed by atoms with E-state index in [1.165, 1.54) is 36.4 Å². The van der Waals surface area contributed by atoms with Crippen molar-refractivity contribution in [3.8, 4) is 11.5 Å². The lowest BCUT2D eigenvalue weighted by molar-refractivity contribution is -0.197. The predicted molar refractivity (Wildman–Crippen MR) is 173 cm³/mol. The fourth-order valence-electron chi connectivity index (χ4n) is 5.68. The Morgan fingerprint density at radius 2 is 1.40 bits per heavy atom. The molecule has 2 aliphatic heterocycles. The van der Waals surface area contributed by atoms with Crippen molar-refractivity contribution >= 4 is 61.2 Å². The Labute approximate surface area is 274 Å². The van der Waals surface area contributed by atoms with E-state index in [0.717, 1.165) is 4.31 Å². The number of aromatic nitrogens is 1. The molecule has 0 aliphatic carbocycles. The number of amides is 3. The Morgan fingerprint density at radius 3 is 2.04 bits per heavy atom. The molecule has 0 atom stereocenters. The summed E-state index contributed by atoms with van der Waals surface area (Å²) >= 11 is 0. The van der Waals surface area contributed by atoms with Gasteiger partial charge in [-0.25, -0.2) is 18.2 Å². The van der Waals surface area contributed by atoms with Gasteiger partial charge in [-0.05, 0) is 48.4 Å². The van der Waals surface area contributed by atoms with Gasteiger partial charge in [0.15, 0.2) is 11.5 Å². The van der Waals surface area contributed by atoms with Crippen LogP contribution in [0.5, 0.6) is 11.5 Å². The van der Waals surface area contributed by atoms with Crippen LogP contribution in [-0.4, -0.2) is 55.4 Å². The maximum absolute atomic E-state index is 14.7. The van der Waals surface area contributed by atoms with Crippen LogP contribution < -0.4 is 13.8 Å². The maximum Gasteiger partial charge on any atom is 0.333 e. The highest BCUT2D eigenvalue weighted by molar-refractivity contribution is 7.93. The number of nitrogens with zero attached hydrogens (tertiary/aromatic N) is 3. The number of benzene rings is 4. The van der Waals surface area contributed by atoms with Gasteiger partial charge in [-0.15, -0.1) is 5.06 Å². The molecule has 13 heteroatoms. The van der Waals surface area contributed by atoms with Crippen LogP contribution in [0.3, 0.4) is 0 Å². The van der Waals surface area contributed by atoms with Crippen LogP contribution in [-0.2, 0) is 35.7 Å². The Kier molecular flexibility index (Phi) is 7.97.